The molecule has 564 valence electrons. The van der Waals surface area contributed by atoms with Crippen LogP contribution < -0.4 is 16.0 Å². The number of carbonyl (C=O) groups is 12. The average Bonchev–Trinajstić information content (AvgIpc) is 1.74. The summed E-state index contributed by atoms with van der Waals surface area (Å²) in [5, 5.41) is 8.06. The van der Waals surface area contributed by atoms with Crippen LogP contribution >= 0.6 is 11.6 Å². The number of likely N-dealkylation sites (tertiary alicyclic amines) is 1. The van der Waals surface area contributed by atoms with E-state index in [0.717, 1.165) is 84.6 Å². The zero-order valence-corrected chi connectivity index (χ0v) is 61.9. The van der Waals surface area contributed by atoms with Crippen LogP contribution in [0.1, 0.15) is 180 Å². The quantitative estimate of drug-likeness (QED) is 0.250. The van der Waals surface area contributed by atoms with Crippen molar-refractivity contribution in [2.24, 2.45) is 17.8 Å². The Hall–Kier alpha value is -7.10. The standard InChI is InChI=1S/C72H110ClF3N12O13/c1-45(2)38-54-63(93)78-61(46(3)101-11)68(98)82(6)43-59(91)80(4)44-60(92)84(8)55(40-47-24-15-12-16-25-47)66(96)81(5)42-57(89)77-52(32-30-48-29-31-50(51(73)39-48)72(74,75)76)65(95)88-37-23-28-53(88)64(94)79-71(33-19-20-34-71)70(100)86(10)62(49-26-17-13-18-27-49)69(99)85(9)56(41-58(90)83(54)7)67(97)87-35-21-14-22-36-87/h29,31,39,45-47,49,52-56,61-62H,12-28,30,32-38,40-44H2,1-11H3,(H,77,89)(H,78,93)(H,79,94)/t46-,52+,53+,54+,55+,56+,61+,62+/m1/s1. The van der Waals surface area contributed by atoms with E-state index in [9.17, 15) is 41.9 Å². The van der Waals surface area contributed by atoms with Gasteiger partial charge in [-0.05, 0) is 126 Å². The number of ether oxygens (including phenoxy) is 1. The maximum atomic E-state index is 15.8. The van der Waals surface area contributed by atoms with Crippen LogP contribution in [0.4, 0.5) is 13.2 Å². The zero-order chi connectivity index (χ0) is 74.4. The van der Waals surface area contributed by atoms with E-state index in [2.05, 4.69) is 16.0 Å². The summed E-state index contributed by atoms with van der Waals surface area (Å²) in [6.45, 7) is 4.25. The molecule has 0 unspecified atom stereocenters. The first-order valence-electron chi connectivity index (χ1n) is 36.4. The van der Waals surface area contributed by atoms with E-state index < -0.39 is 174 Å². The Morgan fingerprint density at radius 1 is 0.624 bits per heavy atom. The van der Waals surface area contributed by atoms with E-state index in [0.29, 0.717) is 63.6 Å². The van der Waals surface area contributed by atoms with Gasteiger partial charge in [0.15, 0.2) is 0 Å². The van der Waals surface area contributed by atoms with Gasteiger partial charge in [-0.15, -0.1) is 0 Å². The van der Waals surface area contributed by atoms with Crippen molar-refractivity contribution in [1.29, 1.82) is 0 Å². The second kappa shape index (κ2) is 36.4. The lowest BCUT2D eigenvalue weighted by atomic mass is 9.81. The summed E-state index contributed by atoms with van der Waals surface area (Å²) in [5.74, 6) is -8.60. The van der Waals surface area contributed by atoms with Crippen molar-refractivity contribution in [3.05, 3.63) is 34.3 Å². The zero-order valence-electron chi connectivity index (χ0n) is 61.1. The summed E-state index contributed by atoms with van der Waals surface area (Å²) in [5.41, 5.74) is -2.35. The fourth-order valence-corrected chi connectivity index (χ4v) is 16.0. The molecule has 3 aliphatic carbocycles. The molecular formula is C72H110ClF3N12O13. The molecule has 1 aromatic carbocycles. The number of aryl methyl sites for hydroxylation is 1. The number of nitrogens with one attached hydrogen (secondary N) is 3. The third-order valence-corrected chi connectivity index (χ3v) is 22.3. The molecule has 8 atom stereocenters. The van der Waals surface area contributed by atoms with Crippen molar-refractivity contribution in [3.8, 4) is 0 Å². The molecule has 7 rings (SSSR count). The van der Waals surface area contributed by atoms with Crippen LogP contribution in [-0.2, 0) is 74.9 Å². The lowest BCUT2D eigenvalue weighted by molar-refractivity contribution is -0.157. The van der Waals surface area contributed by atoms with Gasteiger partial charge in [-0.25, -0.2) is 0 Å². The van der Waals surface area contributed by atoms with Crippen LogP contribution in [-0.4, -0.2) is 265 Å². The van der Waals surface area contributed by atoms with Gasteiger partial charge in [0.25, 0.3) is 0 Å². The summed E-state index contributed by atoms with van der Waals surface area (Å²) in [6.07, 6.45) is 5.49. The number of hydrogen-bond donors (Lipinski definition) is 3. The molecule has 6 fully saturated rings. The van der Waals surface area contributed by atoms with E-state index >= 15 is 28.8 Å². The SMILES string of the molecule is CO[C@H](C)[C@@H]1NC(=O)[C@H](CC(C)C)N(C)C(=O)C[C@@H](C(=O)N2CCCCC2)N(C)C(=O)[C@H](C2CCCCC2)N(C)C(=O)C2(CCCC2)NC(=O)[C@@H]2CCCN2C(=O)[C@H](CCc2ccc(C(F)(F)F)c(Cl)c2)NC(=O)CN(C)C(=O)[C@H](CC2CCCCC2)N(C)C(=O)CN(C)C(=O)CN(C)C1=O. The molecule has 3 aliphatic heterocycles. The van der Waals surface area contributed by atoms with Gasteiger partial charge in [-0.1, -0.05) is 95.7 Å². The summed E-state index contributed by atoms with van der Waals surface area (Å²) in [4.78, 5) is 191. The number of piperidine rings is 1. The van der Waals surface area contributed by atoms with Gasteiger partial charge < -0.3 is 64.8 Å². The minimum Gasteiger partial charge on any atom is -0.379 e. The van der Waals surface area contributed by atoms with Crippen LogP contribution in [0.5, 0.6) is 0 Å². The van der Waals surface area contributed by atoms with Crippen molar-refractivity contribution in [3.63, 3.8) is 0 Å². The first-order chi connectivity index (χ1) is 47.7. The number of rotatable bonds is 11. The molecule has 0 radical (unpaired) electrons. The van der Waals surface area contributed by atoms with Crippen LogP contribution in [0, 0.1) is 17.8 Å². The van der Waals surface area contributed by atoms with Crippen molar-refractivity contribution in [2.45, 2.75) is 235 Å². The molecule has 3 N–H and O–H groups in total. The highest BCUT2D eigenvalue weighted by atomic mass is 35.5. The molecule has 1 spiro atoms. The Labute approximate surface area is 598 Å². The highest BCUT2D eigenvalue weighted by molar-refractivity contribution is 6.31. The number of carbonyl (C=O) groups excluding carboxylic acids is 12. The van der Waals surface area contributed by atoms with Gasteiger partial charge in [0.05, 0.1) is 42.7 Å². The Balaban J connectivity index is 1.29. The largest absolute Gasteiger partial charge is 0.417 e. The maximum Gasteiger partial charge on any atom is 0.417 e. The van der Waals surface area contributed by atoms with E-state index in [1.165, 1.54) is 87.0 Å². The van der Waals surface area contributed by atoms with E-state index in [1.807, 2.05) is 13.8 Å². The molecule has 1 aromatic rings. The molecule has 3 heterocycles. The Kier molecular flexibility index (Phi) is 29.2. The number of amides is 12. The maximum absolute atomic E-state index is 15.8. The number of fused-ring (bicyclic) bond motifs is 1. The molecular weight excluding hydrogens is 1330 g/mol. The highest BCUT2D eigenvalue weighted by Gasteiger charge is 2.52. The van der Waals surface area contributed by atoms with Crippen molar-refractivity contribution in [1.82, 2.24) is 60.0 Å². The molecule has 0 aromatic heterocycles. The summed E-state index contributed by atoms with van der Waals surface area (Å²) >= 11 is 6.16. The molecule has 6 aliphatic rings. The van der Waals surface area contributed by atoms with Crippen molar-refractivity contribution >= 4 is 82.5 Å². The molecule has 101 heavy (non-hydrogen) atoms. The number of nitrogens with zero attached hydrogens (tertiary/aromatic N) is 9. The van der Waals surface area contributed by atoms with Crippen molar-refractivity contribution < 1.29 is 75.4 Å². The third kappa shape index (κ3) is 20.6. The monoisotopic (exact) mass is 1440 g/mol. The molecule has 12 amide bonds. The normalized spacial score (nSPS) is 26.8. The fourth-order valence-electron chi connectivity index (χ4n) is 15.7. The Morgan fingerprint density at radius 2 is 1.22 bits per heavy atom. The summed E-state index contributed by atoms with van der Waals surface area (Å²) in [7, 11) is 11.2. The number of methoxy groups -OCH3 is 1. The molecule has 25 nitrogen and oxygen atoms in total. The minimum absolute atomic E-state index is 0.00965. The second-order valence-corrected chi connectivity index (χ2v) is 30.1. The first kappa shape index (κ1) is 81.2. The second-order valence-electron chi connectivity index (χ2n) is 29.7. The number of halogens is 4. The van der Waals surface area contributed by atoms with Crippen LogP contribution in [0.2, 0.25) is 5.02 Å². The van der Waals surface area contributed by atoms with Gasteiger partial charge in [0.2, 0.25) is 70.9 Å². The van der Waals surface area contributed by atoms with Crippen LogP contribution in [0.15, 0.2) is 18.2 Å². The van der Waals surface area contributed by atoms with Gasteiger partial charge in [0.1, 0.15) is 47.8 Å². The molecule has 0 bridgehead atoms. The first-order valence-corrected chi connectivity index (χ1v) is 36.8. The fraction of sp³-hybridized carbons (Fsp3) is 0.750. The van der Waals surface area contributed by atoms with Crippen LogP contribution in [0.25, 0.3) is 0 Å². The van der Waals surface area contributed by atoms with E-state index in [-0.39, 0.29) is 63.3 Å². The van der Waals surface area contributed by atoms with Crippen molar-refractivity contribution in [2.75, 3.05) is 95.7 Å². The van der Waals surface area contributed by atoms with Gasteiger partial charge >= 0.3 is 6.18 Å². The number of alkyl halides is 3. The minimum atomic E-state index is -4.76. The lowest BCUT2D eigenvalue weighted by Crippen LogP contribution is -2.65. The Bertz CT molecular complexity index is 3140. The molecule has 29 heteroatoms. The molecule has 3 saturated heterocycles. The smallest absolute Gasteiger partial charge is 0.379 e. The van der Waals surface area contributed by atoms with Gasteiger partial charge in [-0.2, -0.15) is 13.2 Å². The predicted molar refractivity (Wildman–Crippen MR) is 371 cm³/mol. The van der Waals surface area contributed by atoms with Gasteiger partial charge in [0, 0.05) is 76.1 Å². The third-order valence-electron chi connectivity index (χ3n) is 22.0. The topological polar surface area (TPSA) is 279 Å². The van der Waals surface area contributed by atoms with Crippen LogP contribution in [0.3, 0.4) is 0 Å². The Morgan fingerprint density at radius 3 is 1.82 bits per heavy atom. The molecule has 3 saturated carbocycles. The predicted octanol–water partition coefficient (Wildman–Crippen LogP) is 5.41. The average molecular weight is 1440 g/mol. The summed E-state index contributed by atoms with van der Waals surface area (Å²) < 4.78 is 47.3. The highest BCUT2D eigenvalue weighted by Crippen LogP contribution is 2.39. The number of likely N-dealkylation sites (N-methyl/N-ethyl adjacent to an activating group) is 7. The van der Waals surface area contributed by atoms with E-state index in [1.54, 1.807) is 11.8 Å². The van der Waals surface area contributed by atoms with Gasteiger partial charge in [-0.3, -0.25) is 57.5 Å². The van der Waals surface area contributed by atoms with E-state index in [4.69, 9.17) is 16.3 Å². The number of benzene rings is 1. The lowest BCUT2D eigenvalue weighted by Gasteiger charge is -2.43. The summed E-state index contributed by atoms with van der Waals surface area (Å²) in [6, 6.07) is -5.86. The number of hydrogen-bond acceptors (Lipinski definition) is 13.